The fourth-order valence-corrected chi connectivity index (χ4v) is 3.88. The molecule has 0 saturated carbocycles. The first-order valence-electron chi connectivity index (χ1n) is 6.26. The zero-order chi connectivity index (χ0) is 17.7. The van der Waals surface area contributed by atoms with Crippen LogP contribution in [0.3, 0.4) is 0 Å². The molecule has 1 aromatic heterocycles. The molecule has 0 aliphatic carbocycles. The van der Waals surface area contributed by atoms with Crippen LogP contribution in [-0.4, -0.2) is 31.2 Å². The van der Waals surface area contributed by atoms with E-state index in [-0.39, 0.29) is 32.4 Å². The highest BCUT2D eigenvalue weighted by molar-refractivity contribution is 7.99. The summed E-state index contributed by atoms with van der Waals surface area (Å²) in [4.78, 5) is 7.88. The number of benzene rings is 1. The Morgan fingerprint density at radius 2 is 2.17 bits per heavy atom. The van der Waals surface area contributed by atoms with Gasteiger partial charge in [-0.25, -0.2) is 18.4 Å². The third-order valence-corrected chi connectivity index (χ3v) is 5.71. The van der Waals surface area contributed by atoms with Crippen molar-refractivity contribution in [2.24, 2.45) is 0 Å². The summed E-state index contributed by atoms with van der Waals surface area (Å²) in [6.07, 6.45) is 1.34. The first-order chi connectivity index (χ1) is 11.4. The van der Waals surface area contributed by atoms with Crippen molar-refractivity contribution in [1.29, 1.82) is 5.26 Å². The Bertz CT molecular complexity index is 901. The molecule has 0 aliphatic rings. The molecule has 1 aromatic carbocycles. The van der Waals surface area contributed by atoms with E-state index in [0.717, 1.165) is 11.8 Å². The lowest BCUT2D eigenvalue weighted by Gasteiger charge is -2.12. The Balaban J connectivity index is 2.36. The molecule has 1 heterocycles. The van der Waals surface area contributed by atoms with Gasteiger partial charge in [0.05, 0.1) is 35.2 Å². The van der Waals surface area contributed by atoms with E-state index < -0.39 is 10.0 Å². The van der Waals surface area contributed by atoms with Gasteiger partial charge in [0.2, 0.25) is 5.82 Å². The first-order valence-corrected chi connectivity index (χ1v) is 9.49. The maximum absolute atomic E-state index is 12.5. The van der Waals surface area contributed by atoms with Crippen molar-refractivity contribution < 1.29 is 13.2 Å². The number of nitrogens with one attached hydrogen (secondary N) is 1. The Morgan fingerprint density at radius 1 is 1.42 bits per heavy atom. The number of aromatic nitrogens is 2. The monoisotopic (exact) mass is 404 g/mol. The van der Waals surface area contributed by atoms with Gasteiger partial charge in [0, 0.05) is 0 Å². The number of anilines is 1. The Hall–Kier alpha value is -1.73. The zero-order valence-corrected chi connectivity index (χ0v) is 15.3. The third-order valence-electron chi connectivity index (χ3n) is 2.63. The number of hydrogen-bond donors (Lipinski definition) is 1. The lowest BCUT2D eigenvalue weighted by Crippen LogP contribution is -2.15. The van der Waals surface area contributed by atoms with Crippen molar-refractivity contribution in [1.82, 2.24) is 9.97 Å². The van der Waals surface area contributed by atoms with E-state index >= 15 is 0 Å². The van der Waals surface area contributed by atoms with Crippen molar-refractivity contribution in [2.45, 2.75) is 9.92 Å². The molecule has 0 amide bonds. The average molecular weight is 405 g/mol. The smallest absolute Gasteiger partial charge is 0.264 e. The largest absolute Gasteiger partial charge is 0.478 e. The van der Waals surface area contributed by atoms with Crippen LogP contribution < -0.4 is 9.46 Å². The minimum Gasteiger partial charge on any atom is -0.478 e. The van der Waals surface area contributed by atoms with Crippen LogP contribution >= 0.6 is 35.0 Å². The predicted octanol–water partition coefficient (Wildman–Crippen LogP) is 3.21. The summed E-state index contributed by atoms with van der Waals surface area (Å²) < 4.78 is 32.3. The highest BCUT2D eigenvalue weighted by Crippen LogP contribution is 2.31. The van der Waals surface area contributed by atoms with Gasteiger partial charge >= 0.3 is 0 Å². The predicted molar refractivity (Wildman–Crippen MR) is 92.2 cm³/mol. The van der Waals surface area contributed by atoms with Crippen LogP contribution in [0.5, 0.6) is 5.88 Å². The van der Waals surface area contributed by atoms with E-state index in [1.165, 1.54) is 31.5 Å². The number of nitrogens with zero attached hydrogens (tertiary/aromatic N) is 3. The second-order valence-electron chi connectivity index (χ2n) is 4.17. The number of thioether (sulfide) groups is 1. The number of hydrogen-bond acceptors (Lipinski definition) is 7. The van der Waals surface area contributed by atoms with Gasteiger partial charge in [-0.2, -0.15) is 5.26 Å². The van der Waals surface area contributed by atoms with Crippen molar-refractivity contribution in [3.8, 4) is 11.9 Å². The molecule has 0 atom stereocenters. The highest BCUT2D eigenvalue weighted by Gasteiger charge is 2.22. The fourth-order valence-electron chi connectivity index (χ4n) is 1.62. The normalized spacial score (nSPS) is 10.9. The molecule has 2 aromatic rings. The van der Waals surface area contributed by atoms with Gasteiger partial charge in [0.25, 0.3) is 15.9 Å². The molecule has 24 heavy (non-hydrogen) atoms. The molecule has 0 aliphatic heterocycles. The molecule has 1 N–H and O–H groups in total. The maximum atomic E-state index is 12.5. The van der Waals surface area contributed by atoms with E-state index in [4.69, 9.17) is 33.2 Å². The summed E-state index contributed by atoms with van der Waals surface area (Å²) in [7, 11) is -2.71. The zero-order valence-electron chi connectivity index (χ0n) is 12.2. The van der Waals surface area contributed by atoms with Gasteiger partial charge in [-0.1, -0.05) is 41.0 Å². The molecule has 7 nitrogen and oxygen atoms in total. The summed E-state index contributed by atoms with van der Waals surface area (Å²) in [6, 6.07) is 6.21. The minimum atomic E-state index is -4.04. The SMILES string of the molecule is COc1nc(SCC#N)cnc1NS(=O)(=O)c1cccc(Cl)c1Cl. The molecular weight excluding hydrogens is 395 g/mol. The lowest BCUT2D eigenvalue weighted by atomic mass is 10.4. The van der Waals surface area contributed by atoms with Crippen LogP contribution in [0.15, 0.2) is 34.3 Å². The van der Waals surface area contributed by atoms with Crippen LogP contribution in [0, 0.1) is 11.3 Å². The summed E-state index contributed by atoms with van der Waals surface area (Å²) in [5.41, 5.74) is 0. The topological polar surface area (TPSA) is 105 Å². The van der Waals surface area contributed by atoms with E-state index in [1.54, 1.807) is 0 Å². The number of ether oxygens (including phenoxy) is 1. The lowest BCUT2D eigenvalue weighted by molar-refractivity contribution is 0.394. The number of halogens is 2. The van der Waals surface area contributed by atoms with Gasteiger partial charge in [-0.15, -0.1) is 0 Å². The minimum absolute atomic E-state index is 0.0281. The maximum Gasteiger partial charge on any atom is 0.264 e. The van der Waals surface area contributed by atoms with Gasteiger partial charge in [0.15, 0.2) is 0 Å². The van der Waals surface area contributed by atoms with Gasteiger partial charge in [-0.05, 0) is 12.1 Å². The number of sulfonamides is 1. The van der Waals surface area contributed by atoms with Gasteiger partial charge in [0.1, 0.15) is 9.92 Å². The Morgan fingerprint density at radius 3 is 2.83 bits per heavy atom. The van der Waals surface area contributed by atoms with Crippen LogP contribution in [0.4, 0.5) is 5.82 Å². The molecule has 0 unspecified atom stereocenters. The number of nitriles is 1. The Kier molecular flexibility index (Phi) is 6.12. The van der Waals surface area contributed by atoms with Crippen molar-refractivity contribution in [3.63, 3.8) is 0 Å². The number of rotatable bonds is 6. The first kappa shape index (κ1) is 18.6. The summed E-state index contributed by atoms with van der Waals surface area (Å²) in [5.74, 6) is 0.0515. The highest BCUT2D eigenvalue weighted by atomic mass is 35.5. The summed E-state index contributed by atoms with van der Waals surface area (Å²) in [6.45, 7) is 0. The summed E-state index contributed by atoms with van der Waals surface area (Å²) in [5, 5.41) is 9.01. The molecule has 0 bridgehead atoms. The second-order valence-corrected chi connectivity index (χ2v) is 7.60. The summed E-state index contributed by atoms with van der Waals surface area (Å²) >= 11 is 12.9. The van der Waals surface area contributed by atoms with Crippen LogP contribution in [0.25, 0.3) is 0 Å². The average Bonchev–Trinajstić information content (AvgIpc) is 2.56. The fraction of sp³-hybridized carbons (Fsp3) is 0.154. The van der Waals surface area contributed by atoms with E-state index in [0.29, 0.717) is 5.03 Å². The second kappa shape index (κ2) is 7.90. The molecule has 0 spiro atoms. The molecular formula is C13H10Cl2N4O3S2. The van der Waals surface area contributed by atoms with Gasteiger partial charge in [-0.3, -0.25) is 4.72 Å². The van der Waals surface area contributed by atoms with Crippen LogP contribution in [0.1, 0.15) is 0 Å². The molecule has 126 valence electrons. The van der Waals surface area contributed by atoms with E-state index in [9.17, 15) is 8.42 Å². The number of methoxy groups -OCH3 is 1. The third kappa shape index (κ3) is 4.21. The van der Waals surface area contributed by atoms with E-state index in [1.807, 2.05) is 6.07 Å². The molecule has 0 fully saturated rings. The van der Waals surface area contributed by atoms with Crippen molar-refractivity contribution in [2.75, 3.05) is 17.6 Å². The van der Waals surface area contributed by atoms with Crippen LogP contribution in [-0.2, 0) is 10.0 Å². The molecule has 0 saturated heterocycles. The molecule has 2 rings (SSSR count). The Labute approximate surface area is 153 Å². The van der Waals surface area contributed by atoms with Crippen molar-refractivity contribution in [3.05, 3.63) is 34.4 Å². The molecule has 0 radical (unpaired) electrons. The molecule has 11 heteroatoms. The van der Waals surface area contributed by atoms with Crippen LogP contribution in [0.2, 0.25) is 10.0 Å². The van der Waals surface area contributed by atoms with E-state index in [2.05, 4.69) is 14.7 Å². The standard InChI is InChI=1S/C13H10Cl2N4O3S2/c1-22-13-12(17-7-10(18-13)23-6-5-16)19-24(20,21)9-4-2-3-8(14)11(9)15/h2-4,7H,6H2,1H3,(H,17,19). The van der Waals surface area contributed by atoms with Gasteiger partial charge < -0.3 is 4.74 Å². The van der Waals surface area contributed by atoms with Crippen molar-refractivity contribution >= 4 is 50.8 Å². The quantitative estimate of drug-likeness (QED) is 0.736.